The molecule has 2 aromatic rings. The second-order valence-electron chi connectivity index (χ2n) is 3.90. The molecule has 1 aromatic heterocycles. The molecule has 5 heteroatoms. The number of aromatic nitrogens is 3. The molecule has 0 amide bonds. The molecule has 0 spiro atoms. The first-order valence-corrected chi connectivity index (χ1v) is 6.00. The Morgan fingerprint density at radius 3 is 3.00 bits per heavy atom. The number of hydrogen-bond acceptors (Lipinski definition) is 3. The maximum atomic E-state index is 5.92. The van der Waals surface area contributed by atoms with Crippen LogP contribution in [0.5, 0.6) is 0 Å². The van der Waals surface area contributed by atoms with E-state index in [2.05, 4.69) is 15.2 Å². The Labute approximate surface area is 105 Å². The van der Waals surface area contributed by atoms with Crippen molar-refractivity contribution < 1.29 is 0 Å². The SMILES string of the molecule is NCCCc1n[nH]c(Cc2cccc(Cl)c2)n1. The maximum Gasteiger partial charge on any atom is 0.150 e. The van der Waals surface area contributed by atoms with Gasteiger partial charge in [-0.15, -0.1) is 0 Å². The molecule has 2 rings (SSSR count). The van der Waals surface area contributed by atoms with Crippen LogP contribution in [0, 0.1) is 0 Å². The molecule has 0 bridgehead atoms. The lowest BCUT2D eigenvalue weighted by Gasteiger charge is -1.97. The number of aryl methyl sites for hydroxylation is 1. The van der Waals surface area contributed by atoms with Gasteiger partial charge < -0.3 is 5.73 Å². The third-order valence-corrected chi connectivity index (χ3v) is 2.68. The molecule has 0 radical (unpaired) electrons. The number of H-pyrrole nitrogens is 1. The molecule has 3 N–H and O–H groups in total. The van der Waals surface area contributed by atoms with E-state index in [1.807, 2.05) is 24.3 Å². The van der Waals surface area contributed by atoms with Gasteiger partial charge in [0.25, 0.3) is 0 Å². The summed E-state index contributed by atoms with van der Waals surface area (Å²) in [4.78, 5) is 4.41. The van der Waals surface area contributed by atoms with Crippen LogP contribution in [0.25, 0.3) is 0 Å². The molecule has 1 heterocycles. The molecule has 17 heavy (non-hydrogen) atoms. The van der Waals surface area contributed by atoms with E-state index in [1.54, 1.807) is 0 Å². The summed E-state index contributed by atoms with van der Waals surface area (Å²) in [5.41, 5.74) is 6.57. The fourth-order valence-electron chi connectivity index (χ4n) is 1.63. The minimum Gasteiger partial charge on any atom is -0.330 e. The van der Waals surface area contributed by atoms with Gasteiger partial charge in [-0.05, 0) is 30.7 Å². The highest BCUT2D eigenvalue weighted by molar-refractivity contribution is 6.30. The van der Waals surface area contributed by atoms with Crippen molar-refractivity contribution in [1.29, 1.82) is 0 Å². The Balaban J connectivity index is 2.01. The van der Waals surface area contributed by atoms with Gasteiger partial charge in [0.15, 0.2) is 5.82 Å². The number of nitrogens with zero attached hydrogens (tertiary/aromatic N) is 2. The summed E-state index contributed by atoms with van der Waals surface area (Å²) in [6, 6.07) is 7.75. The van der Waals surface area contributed by atoms with Crippen LogP contribution in [-0.2, 0) is 12.8 Å². The Hall–Kier alpha value is -1.39. The lowest BCUT2D eigenvalue weighted by Crippen LogP contribution is -2.01. The Kier molecular flexibility index (Phi) is 4.12. The van der Waals surface area contributed by atoms with E-state index in [9.17, 15) is 0 Å². The van der Waals surface area contributed by atoms with Crippen molar-refractivity contribution in [1.82, 2.24) is 15.2 Å². The number of benzene rings is 1. The molecule has 0 aliphatic rings. The van der Waals surface area contributed by atoms with Gasteiger partial charge in [-0.1, -0.05) is 23.7 Å². The average Bonchev–Trinajstić information content (AvgIpc) is 2.74. The van der Waals surface area contributed by atoms with Crippen molar-refractivity contribution in [3.63, 3.8) is 0 Å². The maximum absolute atomic E-state index is 5.92. The molecule has 0 aliphatic carbocycles. The van der Waals surface area contributed by atoms with Crippen LogP contribution in [0.4, 0.5) is 0 Å². The van der Waals surface area contributed by atoms with E-state index >= 15 is 0 Å². The quantitative estimate of drug-likeness (QED) is 0.852. The van der Waals surface area contributed by atoms with E-state index in [-0.39, 0.29) is 0 Å². The highest BCUT2D eigenvalue weighted by Crippen LogP contribution is 2.13. The zero-order chi connectivity index (χ0) is 12.1. The van der Waals surface area contributed by atoms with Crippen LogP contribution < -0.4 is 5.73 Å². The number of aromatic amines is 1. The lowest BCUT2D eigenvalue weighted by atomic mass is 10.1. The largest absolute Gasteiger partial charge is 0.330 e. The Morgan fingerprint density at radius 1 is 1.35 bits per heavy atom. The molecular formula is C12H15ClN4. The Bertz CT molecular complexity index is 481. The zero-order valence-electron chi connectivity index (χ0n) is 9.49. The van der Waals surface area contributed by atoms with Crippen molar-refractivity contribution in [2.24, 2.45) is 5.73 Å². The van der Waals surface area contributed by atoms with Crippen LogP contribution in [-0.4, -0.2) is 21.7 Å². The second kappa shape index (κ2) is 5.80. The number of nitrogens with one attached hydrogen (secondary N) is 1. The highest BCUT2D eigenvalue weighted by Gasteiger charge is 2.04. The minimum absolute atomic E-state index is 0.665. The molecule has 4 nitrogen and oxygen atoms in total. The second-order valence-corrected chi connectivity index (χ2v) is 4.33. The fraction of sp³-hybridized carbons (Fsp3) is 0.333. The number of rotatable bonds is 5. The molecule has 90 valence electrons. The number of halogens is 1. The van der Waals surface area contributed by atoms with Crippen molar-refractivity contribution >= 4 is 11.6 Å². The summed E-state index contributed by atoms with van der Waals surface area (Å²) in [7, 11) is 0. The first kappa shape index (κ1) is 12.1. The van der Waals surface area contributed by atoms with Crippen LogP contribution in [0.3, 0.4) is 0 Å². The third kappa shape index (κ3) is 3.54. The van der Waals surface area contributed by atoms with Crippen molar-refractivity contribution in [2.75, 3.05) is 6.54 Å². The summed E-state index contributed by atoms with van der Waals surface area (Å²) < 4.78 is 0. The summed E-state index contributed by atoms with van der Waals surface area (Å²) in [5.74, 6) is 1.69. The van der Waals surface area contributed by atoms with E-state index in [0.29, 0.717) is 6.54 Å². The van der Waals surface area contributed by atoms with Gasteiger partial charge >= 0.3 is 0 Å². The summed E-state index contributed by atoms with van der Waals surface area (Å²) in [5, 5.41) is 7.83. The zero-order valence-corrected chi connectivity index (χ0v) is 10.2. The van der Waals surface area contributed by atoms with Crippen LogP contribution >= 0.6 is 11.6 Å². The Morgan fingerprint density at radius 2 is 2.24 bits per heavy atom. The van der Waals surface area contributed by atoms with E-state index < -0.39 is 0 Å². The molecule has 0 saturated carbocycles. The predicted octanol–water partition coefficient (Wildman–Crippen LogP) is 1.94. The first-order chi connectivity index (χ1) is 8.28. The predicted molar refractivity (Wildman–Crippen MR) is 68.0 cm³/mol. The molecule has 0 unspecified atom stereocenters. The molecule has 1 aromatic carbocycles. The lowest BCUT2D eigenvalue weighted by molar-refractivity contribution is 0.785. The van der Waals surface area contributed by atoms with Gasteiger partial charge in [0.05, 0.1) is 0 Å². The standard InChI is InChI=1S/C12H15ClN4/c13-10-4-1-3-9(7-10)8-12-15-11(16-17-12)5-2-6-14/h1,3-4,7H,2,5-6,8,14H2,(H,15,16,17). The fourth-order valence-corrected chi connectivity index (χ4v) is 1.84. The van der Waals surface area contributed by atoms with Crippen LogP contribution in [0.15, 0.2) is 24.3 Å². The van der Waals surface area contributed by atoms with Crippen LogP contribution in [0.2, 0.25) is 5.02 Å². The molecule has 0 aliphatic heterocycles. The van der Waals surface area contributed by atoms with E-state index in [0.717, 1.165) is 41.5 Å². The number of nitrogens with two attached hydrogens (primary N) is 1. The first-order valence-electron chi connectivity index (χ1n) is 5.62. The summed E-state index contributed by atoms with van der Waals surface area (Å²) in [6.45, 7) is 0.665. The van der Waals surface area contributed by atoms with Crippen molar-refractivity contribution in [3.8, 4) is 0 Å². The molecule has 0 atom stereocenters. The molecule has 0 saturated heterocycles. The van der Waals surface area contributed by atoms with Crippen molar-refractivity contribution in [3.05, 3.63) is 46.5 Å². The summed E-state index contributed by atoms with van der Waals surface area (Å²) in [6.07, 6.45) is 2.45. The smallest absolute Gasteiger partial charge is 0.150 e. The van der Waals surface area contributed by atoms with Gasteiger partial charge in [0.1, 0.15) is 5.82 Å². The molecule has 0 fully saturated rings. The van der Waals surface area contributed by atoms with Gasteiger partial charge in [-0.25, -0.2) is 4.98 Å². The van der Waals surface area contributed by atoms with Gasteiger partial charge in [0.2, 0.25) is 0 Å². The third-order valence-electron chi connectivity index (χ3n) is 2.44. The average molecular weight is 251 g/mol. The van der Waals surface area contributed by atoms with Crippen LogP contribution in [0.1, 0.15) is 23.6 Å². The van der Waals surface area contributed by atoms with E-state index in [1.165, 1.54) is 0 Å². The van der Waals surface area contributed by atoms with E-state index in [4.69, 9.17) is 17.3 Å². The monoisotopic (exact) mass is 250 g/mol. The summed E-state index contributed by atoms with van der Waals surface area (Å²) >= 11 is 5.92. The van der Waals surface area contributed by atoms with Gasteiger partial charge in [-0.2, -0.15) is 5.10 Å². The highest BCUT2D eigenvalue weighted by atomic mass is 35.5. The van der Waals surface area contributed by atoms with Crippen molar-refractivity contribution in [2.45, 2.75) is 19.3 Å². The van der Waals surface area contributed by atoms with Gasteiger partial charge in [-0.3, -0.25) is 5.10 Å². The minimum atomic E-state index is 0.665. The van der Waals surface area contributed by atoms with Gasteiger partial charge in [0, 0.05) is 17.9 Å². The topological polar surface area (TPSA) is 67.6 Å². The molecular weight excluding hydrogens is 236 g/mol. The number of hydrogen-bond donors (Lipinski definition) is 2. The normalized spacial score (nSPS) is 10.7.